The zero-order valence-electron chi connectivity index (χ0n) is 20.6. The molecule has 0 bridgehead atoms. The molecule has 2 aromatic rings. The van der Waals surface area contributed by atoms with Crippen molar-refractivity contribution >= 4 is 28.5 Å². The minimum Gasteiger partial charge on any atom is -0.358 e. The van der Waals surface area contributed by atoms with Crippen LogP contribution < -0.4 is 0 Å². The summed E-state index contributed by atoms with van der Waals surface area (Å²) in [5.41, 5.74) is 2.44. The van der Waals surface area contributed by atoms with Crippen LogP contribution in [0.25, 0.3) is 16.8 Å². The molecule has 34 heavy (non-hydrogen) atoms. The zero-order valence-corrected chi connectivity index (χ0v) is 20.6. The Morgan fingerprint density at radius 3 is 1.56 bits per heavy atom. The van der Waals surface area contributed by atoms with Gasteiger partial charge >= 0.3 is 0 Å². The molecule has 2 aromatic carbocycles. The van der Waals surface area contributed by atoms with Crippen molar-refractivity contribution in [2.75, 3.05) is 52.4 Å². The molecule has 0 saturated carbocycles. The molecule has 0 radical (unpaired) electrons. The number of aliphatic imine (C=N–C) groups is 1. The van der Waals surface area contributed by atoms with E-state index in [1.807, 2.05) is 0 Å². The summed E-state index contributed by atoms with van der Waals surface area (Å²) in [5, 5.41) is 2.59. The second-order valence-corrected chi connectivity index (χ2v) is 10.4. The van der Waals surface area contributed by atoms with Crippen LogP contribution in [-0.4, -0.2) is 77.9 Å². The lowest BCUT2D eigenvalue weighted by Gasteiger charge is -2.30. The fraction of sp³-hybridized carbons (Fsp3) is 0.552. The van der Waals surface area contributed by atoms with Crippen LogP contribution in [0.15, 0.2) is 47.2 Å². The van der Waals surface area contributed by atoms with E-state index < -0.39 is 0 Å². The smallest absolute Gasteiger partial charge is 0.201 e. The number of benzene rings is 2. The highest BCUT2D eigenvalue weighted by Gasteiger charge is 2.25. The van der Waals surface area contributed by atoms with Gasteiger partial charge in [-0.25, -0.2) is 4.99 Å². The van der Waals surface area contributed by atoms with E-state index in [4.69, 9.17) is 4.99 Å². The van der Waals surface area contributed by atoms with Gasteiger partial charge in [-0.1, -0.05) is 30.3 Å². The summed E-state index contributed by atoms with van der Waals surface area (Å²) < 4.78 is 0. The van der Waals surface area contributed by atoms with E-state index in [1.165, 1.54) is 106 Å². The van der Waals surface area contributed by atoms with Gasteiger partial charge in [0, 0.05) is 57.7 Å². The summed E-state index contributed by atoms with van der Waals surface area (Å²) in [6.07, 6.45) is 12.9. The Balaban J connectivity index is 1.41. The third-order valence-electron chi connectivity index (χ3n) is 8.08. The molecular formula is C29H39N5. The van der Waals surface area contributed by atoms with Gasteiger partial charge in [-0.3, -0.25) is 0 Å². The van der Waals surface area contributed by atoms with E-state index in [-0.39, 0.29) is 0 Å². The van der Waals surface area contributed by atoms with Crippen molar-refractivity contribution in [1.82, 2.24) is 19.6 Å². The van der Waals surface area contributed by atoms with Crippen molar-refractivity contribution < 1.29 is 0 Å². The number of hydrogen-bond donors (Lipinski definition) is 0. The number of hydrogen-bond acceptors (Lipinski definition) is 3. The summed E-state index contributed by atoms with van der Waals surface area (Å²) in [6, 6.07) is 13.5. The average Bonchev–Trinajstić information content (AvgIpc) is 3.70. The predicted octanol–water partition coefficient (Wildman–Crippen LogP) is 5.51. The lowest BCUT2D eigenvalue weighted by Crippen LogP contribution is -2.41. The second-order valence-electron chi connectivity index (χ2n) is 10.4. The van der Waals surface area contributed by atoms with Gasteiger partial charge in [0.15, 0.2) is 0 Å². The first kappa shape index (κ1) is 21.8. The number of rotatable bonds is 4. The molecule has 180 valence electrons. The molecular weight excluding hydrogens is 418 g/mol. The van der Waals surface area contributed by atoms with Crippen molar-refractivity contribution in [3.05, 3.63) is 47.8 Å². The van der Waals surface area contributed by atoms with Crippen molar-refractivity contribution in [3.63, 3.8) is 0 Å². The molecule has 4 heterocycles. The van der Waals surface area contributed by atoms with Crippen molar-refractivity contribution in [1.29, 1.82) is 0 Å². The Labute approximate surface area is 204 Å². The van der Waals surface area contributed by atoms with Gasteiger partial charge in [0.05, 0.1) is 5.69 Å². The quantitative estimate of drug-likeness (QED) is 0.447. The molecule has 5 heteroatoms. The van der Waals surface area contributed by atoms with Gasteiger partial charge in [0.1, 0.15) is 5.82 Å². The number of nitrogens with zero attached hydrogens (tertiary/aromatic N) is 5. The normalized spacial score (nSPS) is 20.6. The highest BCUT2D eigenvalue weighted by molar-refractivity contribution is 6.00. The van der Waals surface area contributed by atoms with Crippen LogP contribution in [0.4, 0.5) is 5.69 Å². The van der Waals surface area contributed by atoms with Gasteiger partial charge in [0.25, 0.3) is 0 Å². The molecule has 4 aliphatic heterocycles. The third-order valence-corrected chi connectivity index (χ3v) is 8.08. The van der Waals surface area contributed by atoms with Gasteiger partial charge in [-0.05, 0) is 74.5 Å². The van der Waals surface area contributed by atoms with E-state index in [9.17, 15) is 0 Å². The molecule has 0 atom stereocenters. The monoisotopic (exact) mass is 457 g/mol. The molecule has 0 N–H and O–H groups in total. The molecule has 4 saturated heterocycles. The van der Waals surface area contributed by atoms with Crippen LogP contribution >= 0.6 is 0 Å². The Morgan fingerprint density at radius 2 is 1.03 bits per heavy atom. The van der Waals surface area contributed by atoms with E-state index in [0.29, 0.717) is 0 Å². The van der Waals surface area contributed by atoms with E-state index in [0.717, 1.165) is 31.9 Å². The van der Waals surface area contributed by atoms with Gasteiger partial charge in [0.2, 0.25) is 5.96 Å². The Kier molecular flexibility index (Phi) is 6.35. The second kappa shape index (κ2) is 9.89. The summed E-state index contributed by atoms with van der Waals surface area (Å²) in [6.45, 7) is 9.34. The molecule has 0 amide bonds. The first-order chi connectivity index (χ1) is 16.9. The molecule has 0 aromatic heterocycles. The number of likely N-dealkylation sites (tertiary alicyclic amines) is 4. The maximum absolute atomic E-state index is 5.35. The van der Waals surface area contributed by atoms with Crippen molar-refractivity contribution in [3.8, 4) is 0 Å². The Hall–Kier alpha value is -2.69. The SMILES string of the molecule is C(=C(N1CCCC1)N1CCCC1)c1ccc(N=C(N2CCCC2)N2CCCC2)c2ccccc12. The highest BCUT2D eigenvalue weighted by Crippen LogP contribution is 2.33. The Bertz CT molecular complexity index is 929. The van der Waals surface area contributed by atoms with Crippen molar-refractivity contribution in [2.24, 2.45) is 4.99 Å². The molecule has 0 aliphatic carbocycles. The summed E-state index contributed by atoms with van der Waals surface area (Å²) in [5.74, 6) is 2.64. The van der Waals surface area contributed by atoms with Crippen LogP contribution in [0.3, 0.4) is 0 Å². The van der Waals surface area contributed by atoms with E-state index >= 15 is 0 Å². The molecule has 6 rings (SSSR count). The van der Waals surface area contributed by atoms with Gasteiger partial charge in [-0.2, -0.15) is 0 Å². The molecule has 4 fully saturated rings. The minimum atomic E-state index is 1.12. The Morgan fingerprint density at radius 1 is 0.559 bits per heavy atom. The average molecular weight is 458 g/mol. The largest absolute Gasteiger partial charge is 0.358 e. The standard InChI is InChI=1S/C29H39N5/c1-2-12-26-25(11-1)24(23-28(31-15-3-4-16-31)32-17-5-6-18-32)13-14-27(26)30-29(33-19-7-8-20-33)34-21-9-10-22-34/h1-2,11-14,23H,3-10,15-22H2. The van der Waals surface area contributed by atoms with Crippen molar-refractivity contribution in [2.45, 2.75) is 51.4 Å². The van der Waals surface area contributed by atoms with Crippen LogP contribution in [-0.2, 0) is 0 Å². The summed E-state index contributed by atoms with van der Waals surface area (Å²) in [7, 11) is 0. The predicted molar refractivity (Wildman–Crippen MR) is 142 cm³/mol. The number of guanidine groups is 1. The van der Waals surface area contributed by atoms with E-state index in [1.54, 1.807) is 0 Å². The first-order valence-corrected chi connectivity index (χ1v) is 13.7. The maximum Gasteiger partial charge on any atom is 0.201 e. The molecule has 0 unspecified atom stereocenters. The highest BCUT2D eigenvalue weighted by atomic mass is 15.4. The fourth-order valence-electron chi connectivity index (χ4n) is 6.23. The van der Waals surface area contributed by atoms with Crippen LogP contribution in [0, 0.1) is 0 Å². The molecule has 4 aliphatic rings. The number of fused-ring (bicyclic) bond motifs is 1. The first-order valence-electron chi connectivity index (χ1n) is 13.7. The maximum atomic E-state index is 5.35. The summed E-state index contributed by atoms with van der Waals surface area (Å²) in [4.78, 5) is 15.6. The minimum absolute atomic E-state index is 1.12. The van der Waals surface area contributed by atoms with Crippen LogP contribution in [0.1, 0.15) is 56.9 Å². The molecule has 5 nitrogen and oxygen atoms in total. The third kappa shape index (κ3) is 4.37. The fourth-order valence-corrected chi connectivity index (χ4v) is 6.23. The van der Waals surface area contributed by atoms with E-state index in [2.05, 4.69) is 62.1 Å². The van der Waals surface area contributed by atoms with Gasteiger partial charge < -0.3 is 19.6 Å². The zero-order chi connectivity index (χ0) is 22.7. The topological polar surface area (TPSA) is 25.3 Å². The van der Waals surface area contributed by atoms with Crippen LogP contribution in [0.5, 0.6) is 0 Å². The lowest BCUT2D eigenvalue weighted by molar-refractivity contribution is 0.274. The summed E-state index contributed by atoms with van der Waals surface area (Å²) >= 11 is 0. The van der Waals surface area contributed by atoms with Crippen LogP contribution in [0.2, 0.25) is 0 Å². The molecule has 0 spiro atoms. The van der Waals surface area contributed by atoms with Gasteiger partial charge in [-0.15, -0.1) is 0 Å². The lowest BCUT2D eigenvalue weighted by atomic mass is 10.0.